The highest BCUT2D eigenvalue weighted by Crippen LogP contribution is 2.47. The van der Waals surface area contributed by atoms with Crippen molar-refractivity contribution in [2.24, 2.45) is 0 Å². The van der Waals surface area contributed by atoms with E-state index in [1.807, 2.05) is 0 Å². The summed E-state index contributed by atoms with van der Waals surface area (Å²) in [5, 5.41) is 23.5. The molecule has 1 aliphatic rings. The first-order valence-corrected chi connectivity index (χ1v) is 11.8. The van der Waals surface area contributed by atoms with Crippen molar-refractivity contribution in [2.75, 3.05) is 12.8 Å². The van der Waals surface area contributed by atoms with E-state index in [4.69, 9.17) is 19.5 Å². The molecule has 0 amide bonds. The Hall–Kier alpha value is -2.80. The van der Waals surface area contributed by atoms with Crippen LogP contribution in [0.4, 0.5) is 5.82 Å². The van der Waals surface area contributed by atoms with Crippen molar-refractivity contribution in [1.82, 2.24) is 14.6 Å². The molecule has 3 rings (SSSR count). The van der Waals surface area contributed by atoms with E-state index in [0.29, 0.717) is 0 Å². The Morgan fingerprint density at radius 2 is 1.91 bits per heavy atom. The monoisotopic (exact) mass is 498 g/mol. The van der Waals surface area contributed by atoms with Crippen molar-refractivity contribution in [3.8, 4) is 5.75 Å². The van der Waals surface area contributed by atoms with Gasteiger partial charge in [0, 0.05) is 6.20 Å². The first-order chi connectivity index (χ1) is 16.0. The number of ether oxygens (including phenoxy) is 2. The summed E-state index contributed by atoms with van der Waals surface area (Å²) in [5.74, 6) is -0.545. The predicted octanol–water partition coefficient (Wildman–Crippen LogP) is 0.188. The van der Waals surface area contributed by atoms with Crippen molar-refractivity contribution in [3.63, 3.8) is 0 Å². The summed E-state index contributed by atoms with van der Waals surface area (Å²) in [4.78, 5) is 27.6. The van der Waals surface area contributed by atoms with E-state index in [9.17, 15) is 24.4 Å². The highest BCUT2D eigenvalue weighted by atomic mass is 31.2. The van der Waals surface area contributed by atoms with Crippen LogP contribution in [0.2, 0.25) is 0 Å². The maximum atomic E-state index is 13.6. The van der Waals surface area contributed by atoms with E-state index in [2.05, 4.69) is 14.8 Å². The number of carbonyl (C=O) groups excluding carboxylic acids is 1. The zero-order chi connectivity index (χ0) is 25.0. The van der Waals surface area contributed by atoms with E-state index in [1.54, 1.807) is 18.2 Å². The van der Waals surface area contributed by atoms with Crippen LogP contribution in [0.25, 0.3) is 0 Å². The van der Waals surface area contributed by atoms with Crippen molar-refractivity contribution in [1.29, 1.82) is 0 Å². The molecule has 1 fully saturated rings. The van der Waals surface area contributed by atoms with Crippen LogP contribution in [0.5, 0.6) is 5.75 Å². The lowest BCUT2D eigenvalue weighted by Crippen LogP contribution is -2.41. The van der Waals surface area contributed by atoms with Crippen LogP contribution >= 0.6 is 7.75 Å². The van der Waals surface area contributed by atoms with Crippen LogP contribution in [-0.2, 0) is 23.4 Å². The number of carbonyl (C=O) groups is 1. The number of rotatable bonds is 9. The van der Waals surface area contributed by atoms with Gasteiger partial charge in [-0.1, -0.05) is 18.2 Å². The standard InChI is InChI=1S/C20H27N4O9P/c1-11(19(27)30-3)23-34(29,33-13-7-5-4-6-8-13)32-12(2)17-15(25)16(26)18(31-17)24-10-9-14(21)22-20(24)28/h4-12,15-18,25-26H,1-3H3,(H,23,29)(H2,21,22,28)/t11?,12?,15-,16+,17+,18+,34?/m0/s1. The van der Waals surface area contributed by atoms with Crippen molar-refractivity contribution in [3.05, 3.63) is 53.1 Å². The molecule has 7 atom stereocenters. The summed E-state index contributed by atoms with van der Waals surface area (Å²) in [6.45, 7) is 2.83. The molecule has 1 aliphatic heterocycles. The molecule has 0 saturated carbocycles. The van der Waals surface area contributed by atoms with Gasteiger partial charge in [-0.3, -0.25) is 13.9 Å². The van der Waals surface area contributed by atoms with Gasteiger partial charge in [0.1, 0.15) is 35.9 Å². The van der Waals surface area contributed by atoms with Crippen LogP contribution < -0.4 is 21.0 Å². The Labute approximate surface area is 195 Å². The summed E-state index contributed by atoms with van der Waals surface area (Å²) in [6, 6.07) is 8.35. The Balaban J connectivity index is 1.82. The molecule has 0 aliphatic carbocycles. The molecule has 13 nitrogen and oxygen atoms in total. The number of esters is 1. The highest BCUT2D eigenvalue weighted by Gasteiger charge is 2.49. The van der Waals surface area contributed by atoms with Gasteiger partial charge in [0.05, 0.1) is 13.2 Å². The van der Waals surface area contributed by atoms with Gasteiger partial charge in [0.15, 0.2) is 6.23 Å². The lowest BCUT2D eigenvalue weighted by Gasteiger charge is -2.28. The number of benzene rings is 1. The van der Waals surface area contributed by atoms with Gasteiger partial charge in [-0.2, -0.15) is 10.1 Å². The number of aliphatic hydroxyl groups is 2. The molecule has 186 valence electrons. The fourth-order valence-corrected chi connectivity index (χ4v) is 5.06. The number of nitrogens with zero attached hydrogens (tertiary/aromatic N) is 2. The quantitative estimate of drug-likeness (QED) is 0.272. The number of aromatic nitrogens is 2. The number of aliphatic hydroxyl groups excluding tert-OH is 2. The van der Waals surface area contributed by atoms with E-state index < -0.39 is 56.1 Å². The van der Waals surface area contributed by atoms with Gasteiger partial charge in [0.2, 0.25) is 0 Å². The lowest BCUT2D eigenvalue weighted by molar-refractivity contribution is -0.142. The Morgan fingerprint density at radius 1 is 1.24 bits per heavy atom. The zero-order valence-electron chi connectivity index (χ0n) is 18.7. The second-order valence-corrected chi connectivity index (χ2v) is 9.25. The summed E-state index contributed by atoms with van der Waals surface area (Å²) in [6.07, 6.45) is -5.46. The molecule has 34 heavy (non-hydrogen) atoms. The maximum Gasteiger partial charge on any atom is 0.459 e. The minimum Gasteiger partial charge on any atom is -0.468 e. The second kappa shape index (κ2) is 10.6. The smallest absolute Gasteiger partial charge is 0.459 e. The largest absolute Gasteiger partial charge is 0.468 e. The third-order valence-electron chi connectivity index (χ3n) is 5.04. The predicted molar refractivity (Wildman–Crippen MR) is 119 cm³/mol. The fourth-order valence-electron chi connectivity index (χ4n) is 3.37. The number of methoxy groups -OCH3 is 1. The van der Waals surface area contributed by atoms with Crippen molar-refractivity contribution in [2.45, 2.75) is 50.5 Å². The molecule has 0 radical (unpaired) electrons. The SMILES string of the molecule is COC(=O)C(C)NP(=O)(Oc1ccccc1)OC(C)[C@H]1O[C@@H](n2ccc(N)nc2=O)[C@H](O)[C@@H]1O. The third-order valence-corrected chi connectivity index (χ3v) is 6.81. The second-order valence-electron chi connectivity index (χ2n) is 7.60. The van der Waals surface area contributed by atoms with E-state index >= 15 is 0 Å². The number of nitrogens with one attached hydrogen (secondary N) is 1. The Bertz CT molecular complexity index is 1100. The Kier molecular flexibility index (Phi) is 8.08. The molecule has 14 heteroatoms. The van der Waals surface area contributed by atoms with Crippen LogP contribution in [0.3, 0.4) is 0 Å². The molecule has 2 heterocycles. The van der Waals surface area contributed by atoms with Crippen LogP contribution in [0, 0.1) is 0 Å². The average Bonchev–Trinajstić information content (AvgIpc) is 3.08. The van der Waals surface area contributed by atoms with E-state index in [-0.39, 0.29) is 11.6 Å². The van der Waals surface area contributed by atoms with Gasteiger partial charge < -0.3 is 29.9 Å². The number of para-hydroxylation sites is 1. The van der Waals surface area contributed by atoms with Gasteiger partial charge >= 0.3 is 19.4 Å². The third kappa shape index (κ3) is 5.81. The normalized spacial score (nSPS) is 25.8. The van der Waals surface area contributed by atoms with Gasteiger partial charge in [-0.05, 0) is 32.0 Å². The summed E-state index contributed by atoms with van der Waals surface area (Å²) in [5.41, 5.74) is 4.69. The minimum absolute atomic E-state index is 0.0210. The number of nitrogens with two attached hydrogens (primary N) is 1. The molecule has 1 saturated heterocycles. The lowest BCUT2D eigenvalue weighted by atomic mass is 10.1. The first-order valence-electron chi connectivity index (χ1n) is 10.3. The zero-order valence-corrected chi connectivity index (χ0v) is 19.6. The number of anilines is 1. The minimum atomic E-state index is -4.25. The average molecular weight is 498 g/mol. The Morgan fingerprint density at radius 3 is 2.53 bits per heavy atom. The molecule has 1 aromatic carbocycles. The van der Waals surface area contributed by atoms with Crippen LogP contribution in [0.1, 0.15) is 20.1 Å². The van der Waals surface area contributed by atoms with Crippen molar-refractivity contribution >= 4 is 19.5 Å². The molecule has 0 bridgehead atoms. The number of nitrogen functional groups attached to an aromatic ring is 1. The molecule has 1 aromatic heterocycles. The number of hydrogen-bond acceptors (Lipinski definition) is 11. The maximum absolute atomic E-state index is 13.6. The van der Waals surface area contributed by atoms with Gasteiger partial charge in [-0.25, -0.2) is 9.36 Å². The van der Waals surface area contributed by atoms with E-state index in [1.165, 1.54) is 45.4 Å². The van der Waals surface area contributed by atoms with Gasteiger partial charge in [0.25, 0.3) is 0 Å². The van der Waals surface area contributed by atoms with Crippen molar-refractivity contribution < 1.29 is 38.1 Å². The summed E-state index contributed by atoms with van der Waals surface area (Å²) in [7, 11) is -3.08. The molecule has 2 aromatic rings. The first kappa shape index (κ1) is 25.8. The number of hydrogen-bond donors (Lipinski definition) is 4. The molecule has 0 spiro atoms. The molecular weight excluding hydrogens is 471 g/mol. The summed E-state index contributed by atoms with van der Waals surface area (Å²) >= 11 is 0. The molecule has 5 N–H and O–H groups in total. The van der Waals surface area contributed by atoms with Crippen LogP contribution in [0.15, 0.2) is 47.4 Å². The molecular formula is C20H27N4O9P. The highest BCUT2D eigenvalue weighted by molar-refractivity contribution is 7.52. The summed E-state index contributed by atoms with van der Waals surface area (Å²) < 4.78 is 36.0. The van der Waals surface area contributed by atoms with Gasteiger partial charge in [-0.15, -0.1) is 0 Å². The van der Waals surface area contributed by atoms with Crippen LogP contribution in [-0.4, -0.2) is 63.3 Å². The molecule has 3 unspecified atom stereocenters. The van der Waals surface area contributed by atoms with E-state index in [0.717, 1.165) is 4.57 Å². The topological polar surface area (TPSA) is 184 Å². The fraction of sp³-hybridized carbons (Fsp3) is 0.450.